The van der Waals surface area contributed by atoms with Gasteiger partial charge < -0.3 is 5.32 Å². The number of nitriles is 1. The van der Waals surface area contributed by atoms with Gasteiger partial charge in [0.25, 0.3) is 0 Å². The third-order valence-electron chi connectivity index (χ3n) is 2.25. The van der Waals surface area contributed by atoms with Crippen LogP contribution in [-0.4, -0.2) is 0 Å². The van der Waals surface area contributed by atoms with Gasteiger partial charge in [-0.1, -0.05) is 17.7 Å². The Bertz CT molecular complexity index is 573. The zero-order valence-electron chi connectivity index (χ0n) is 8.74. The lowest BCUT2D eigenvalue weighted by Gasteiger charge is -2.09. The maximum absolute atomic E-state index is 9.08. The molecule has 2 rings (SSSR count). The summed E-state index contributed by atoms with van der Waals surface area (Å²) in [5.74, 6) is 0. The van der Waals surface area contributed by atoms with Crippen LogP contribution in [0.3, 0.4) is 0 Å². The molecule has 0 heterocycles. The van der Waals surface area contributed by atoms with E-state index in [-0.39, 0.29) is 0 Å². The van der Waals surface area contributed by atoms with E-state index in [1.165, 1.54) is 0 Å². The van der Waals surface area contributed by atoms with E-state index in [0.717, 1.165) is 15.8 Å². The standard InChI is InChI=1S/C13H8BrClN2/c14-12-2-1-3-13(11(12)8-16)17-10-6-4-9(15)5-7-10/h1-7,17H. The molecule has 0 spiro atoms. The van der Waals surface area contributed by atoms with Gasteiger partial charge in [0.2, 0.25) is 0 Å². The summed E-state index contributed by atoms with van der Waals surface area (Å²) >= 11 is 9.16. The van der Waals surface area contributed by atoms with E-state index >= 15 is 0 Å². The predicted octanol–water partition coefficient (Wildman–Crippen LogP) is 4.72. The van der Waals surface area contributed by atoms with E-state index in [1.807, 2.05) is 30.3 Å². The Balaban J connectivity index is 2.34. The van der Waals surface area contributed by atoms with Crippen molar-refractivity contribution in [3.8, 4) is 6.07 Å². The van der Waals surface area contributed by atoms with Crippen LogP contribution in [0.1, 0.15) is 5.56 Å². The van der Waals surface area contributed by atoms with Crippen molar-refractivity contribution < 1.29 is 0 Å². The number of halogens is 2. The average molecular weight is 308 g/mol. The molecule has 0 aliphatic carbocycles. The third kappa shape index (κ3) is 2.79. The van der Waals surface area contributed by atoms with Crippen molar-refractivity contribution >= 4 is 38.9 Å². The van der Waals surface area contributed by atoms with Gasteiger partial charge in [-0.25, -0.2) is 0 Å². The highest BCUT2D eigenvalue weighted by Crippen LogP contribution is 2.27. The molecule has 84 valence electrons. The molecule has 0 aliphatic rings. The van der Waals surface area contributed by atoms with Crippen LogP contribution in [0, 0.1) is 11.3 Å². The van der Waals surface area contributed by atoms with E-state index in [1.54, 1.807) is 12.1 Å². The molecule has 0 aliphatic heterocycles. The first-order valence-electron chi connectivity index (χ1n) is 4.92. The Kier molecular flexibility index (Phi) is 3.68. The Morgan fingerprint density at radius 3 is 2.47 bits per heavy atom. The van der Waals surface area contributed by atoms with Crippen molar-refractivity contribution in [2.75, 3.05) is 5.32 Å². The highest BCUT2D eigenvalue weighted by molar-refractivity contribution is 9.10. The quantitative estimate of drug-likeness (QED) is 0.871. The van der Waals surface area contributed by atoms with Crippen molar-refractivity contribution in [2.24, 2.45) is 0 Å². The average Bonchev–Trinajstić information content (AvgIpc) is 2.32. The van der Waals surface area contributed by atoms with Gasteiger partial charge >= 0.3 is 0 Å². The summed E-state index contributed by atoms with van der Waals surface area (Å²) in [5, 5.41) is 12.9. The van der Waals surface area contributed by atoms with Crippen molar-refractivity contribution in [3.05, 3.63) is 57.5 Å². The van der Waals surface area contributed by atoms with Crippen LogP contribution in [0.5, 0.6) is 0 Å². The second-order valence-corrected chi connectivity index (χ2v) is 4.70. The highest BCUT2D eigenvalue weighted by Gasteiger charge is 2.05. The molecule has 0 aromatic heterocycles. The number of nitrogens with zero attached hydrogens (tertiary/aromatic N) is 1. The zero-order chi connectivity index (χ0) is 12.3. The van der Waals surface area contributed by atoms with Gasteiger partial charge in [0, 0.05) is 15.2 Å². The number of rotatable bonds is 2. The summed E-state index contributed by atoms with van der Waals surface area (Å²) in [4.78, 5) is 0. The van der Waals surface area contributed by atoms with E-state index < -0.39 is 0 Å². The molecule has 17 heavy (non-hydrogen) atoms. The van der Waals surface area contributed by atoms with Gasteiger partial charge in [0.1, 0.15) is 6.07 Å². The molecule has 0 bridgehead atoms. The summed E-state index contributed by atoms with van der Waals surface area (Å²) in [5.41, 5.74) is 2.25. The van der Waals surface area contributed by atoms with Crippen LogP contribution in [-0.2, 0) is 0 Å². The van der Waals surface area contributed by atoms with Crippen LogP contribution >= 0.6 is 27.5 Å². The van der Waals surface area contributed by atoms with Crippen LogP contribution in [0.25, 0.3) is 0 Å². The Morgan fingerprint density at radius 2 is 1.82 bits per heavy atom. The van der Waals surface area contributed by atoms with Crippen LogP contribution < -0.4 is 5.32 Å². The molecular weight excluding hydrogens is 300 g/mol. The number of hydrogen-bond acceptors (Lipinski definition) is 2. The van der Waals surface area contributed by atoms with Gasteiger partial charge in [-0.05, 0) is 52.3 Å². The van der Waals surface area contributed by atoms with Crippen molar-refractivity contribution in [1.29, 1.82) is 5.26 Å². The predicted molar refractivity (Wildman–Crippen MR) is 73.6 cm³/mol. The van der Waals surface area contributed by atoms with Crippen LogP contribution in [0.2, 0.25) is 5.02 Å². The molecule has 4 heteroatoms. The maximum Gasteiger partial charge on any atom is 0.103 e. The van der Waals surface area contributed by atoms with Crippen molar-refractivity contribution in [3.63, 3.8) is 0 Å². The fourth-order valence-corrected chi connectivity index (χ4v) is 2.01. The van der Waals surface area contributed by atoms with E-state index in [2.05, 4.69) is 27.3 Å². The second-order valence-electron chi connectivity index (χ2n) is 3.41. The summed E-state index contributed by atoms with van der Waals surface area (Å²) in [6.07, 6.45) is 0. The summed E-state index contributed by atoms with van der Waals surface area (Å²) in [7, 11) is 0. The number of benzene rings is 2. The molecule has 0 radical (unpaired) electrons. The van der Waals surface area contributed by atoms with Gasteiger partial charge in [0.05, 0.1) is 11.3 Å². The summed E-state index contributed by atoms with van der Waals surface area (Å²) < 4.78 is 0.777. The largest absolute Gasteiger partial charge is 0.354 e. The monoisotopic (exact) mass is 306 g/mol. The minimum Gasteiger partial charge on any atom is -0.354 e. The Labute approximate surface area is 113 Å². The first kappa shape index (κ1) is 12.0. The van der Waals surface area contributed by atoms with E-state index in [9.17, 15) is 0 Å². The molecule has 0 saturated carbocycles. The Hall–Kier alpha value is -1.50. The summed E-state index contributed by atoms with van der Waals surface area (Å²) in [6.45, 7) is 0. The van der Waals surface area contributed by atoms with E-state index in [4.69, 9.17) is 16.9 Å². The molecule has 0 unspecified atom stereocenters. The first-order valence-corrected chi connectivity index (χ1v) is 6.09. The lowest BCUT2D eigenvalue weighted by atomic mass is 10.2. The van der Waals surface area contributed by atoms with Crippen LogP contribution in [0.4, 0.5) is 11.4 Å². The lowest BCUT2D eigenvalue weighted by Crippen LogP contribution is -1.93. The molecular formula is C13H8BrClN2. The molecule has 2 aromatic carbocycles. The molecule has 0 amide bonds. The second kappa shape index (κ2) is 5.22. The fourth-order valence-electron chi connectivity index (χ4n) is 1.43. The molecule has 1 N–H and O–H groups in total. The number of anilines is 2. The minimum atomic E-state index is 0.586. The zero-order valence-corrected chi connectivity index (χ0v) is 11.1. The van der Waals surface area contributed by atoms with Gasteiger partial charge in [-0.15, -0.1) is 0 Å². The molecule has 0 saturated heterocycles. The Morgan fingerprint density at radius 1 is 1.12 bits per heavy atom. The fraction of sp³-hybridized carbons (Fsp3) is 0. The van der Waals surface area contributed by atoms with Gasteiger partial charge in [-0.3, -0.25) is 0 Å². The first-order chi connectivity index (χ1) is 8.20. The normalized spacial score (nSPS) is 9.71. The van der Waals surface area contributed by atoms with Crippen molar-refractivity contribution in [2.45, 2.75) is 0 Å². The lowest BCUT2D eigenvalue weighted by molar-refractivity contribution is 1.44. The van der Waals surface area contributed by atoms with E-state index in [0.29, 0.717) is 10.6 Å². The maximum atomic E-state index is 9.08. The highest BCUT2D eigenvalue weighted by atomic mass is 79.9. The molecule has 2 aromatic rings. The molecule has 0 atom stereocenters. The van der Waals surface area contributed by atoms with Gasteiger partial charge in [0.15, 0.2) is 0 Å². The number of nitrogens with one attached hydrogen (secondary N) is 1. The van der Waals surface area contributed by atoms with Crippen LogP contribution in [0.15, 0.2) is 46.9 Å². The van der Waals surface area contributed by atoms with Gasteiger partial charge in [-0.2, -0.15) is 5.26 Å². The molecule has 0 fully saturated rings. The smallest absolute Gasteiger partial charge is 0.103 e. The number of hydrogen-bond donors (Lipinski definition) is 1. The minimum absolute atomic E-state index is 0.586. The van der Waals surface area contributed by atoms with Crippen molar-refractivity contribution in [1.82, 2.24) is 0 Å². The third-order valence-corrected chi connectivity index (χ3v) is 3.16. The summed E-state index contributed by atoms with van der Waals surface area (Å²) in [6, 6.07) is 15.1. The topological polar surface area (TPSA) is 35.8 Å². The SMILES string of the molecule is N#Cc1c(Br)cccc1Nc1ccc(Cl)cc1. The molecule has 2 nitrogen and oxygen atoms in total.